The molecule has 2 N–H and O–H groups in total. The predicted molar refractivity (Wildman–Crippen MR) is 70.1 cm³/mol. The van der Waals surface area contributed by atoms with E-state index in [0.717, 1.165) is 12.1 Å². The van der Waals surface area contributed by atoms with Crippen LogP contribution in [0.5, 0.6) is 0 Å². The Balaban J connectivity index is 2.17. The summed E-state index contributed by atoms with van der Waals surface area (Å²) < 4.78 is 26.3. The van der Waals surface area contributed by atoms with E-state index in [-0.39, 0.29) is 12.2 Å². The SMILES string of the molecule is O=C(N[C@H](CO)c1ccccc1)c1ccc(F)cc1F. The van der Waals surface area contributed by atoms with Gasteiger partial charge in [-0.1, -0.05) is 30.3 Å². The second kappa shape index (κ2) is 6.25. The van der Waals surface area contributed by atoms with Gasteiger partial charge in [-0.15, -0.1) is 0 Å². The van der Waals surface area contributed by atoms with E-state index in [9.17, 15) is 18.7 Å². The van der Waals surface area contributed by atoms with Crippen molar-refractivity contribution in [3.63, 3.8) is 0 Å². The number of carbonyl (C=O) groups excluding carboxylic acids is 1. The first-order valence-electron chi connectivity index (χ1n) is 6.03. The summed E-state index contributed by atoms with van der Waals surface area (Å²) in [5.74, 6) is -2.39. The second-order valence-corrected chi connectivity index (χ2v) is 4.24. The standard InChI is InChI=1S/C15H13F2NO2/c16-11-6-7-12(13(17)8-11)15(20)18-14(9-19)10-4-2-1-3-5-10/h1-8,14,19H,9H2,(H,18,20)/t14-/m1/s1. The third-order valence-corrected chi connectivity index (χ3v) is 2.87. The number of nitrogens with one attached hydrogen (secondary N) is 1. The van der Waals surface area contributed by atoms with Gasteiger partial charge in [-0.2, -0.15) is 0 Å². The van der Waals surface area contributed by atoms with Crippen molar-refractivity contribution >= 4 is 5.91 Å². The maximum atomic E-state index is 13.5. The second-order valence-electron chi connectivity index (χ2n) is 4.24. The van der Waals surface area contributed by atoms with Crippen LogP contribution in [0.1, 0.15) is 22.0 Å². The van der Waals surface area contributed by atoms with Gasteiger partial charge >= 0.3 is 0 Å². The van der Waals surface area contributed by atoms with Crippen molar-refractivity contribution in [1.82, 2.24) is 5.32 Å². The van der Waals surface area contributed by atoms with E-state index in [4.69, 9.17) is 0 Å². The topological polar surface area (TPSA) is 49.3 Å². The highest BCUT2D eigenvalue weighted by molar-refractivity contribution is 5.94. The molecular formula is C15H13F2NO2. The highest BCUT2D eigenvalue weighted by Crippen LogP contribution is 2.14. The van der Waals surface area contributed by atoms with Crippen molar-refractivity contribution in [2.75, 3.05) is 6.61 Å². The van der Waals surface area contributed by atoms with Gasteiger partial charge in [-0.05, 0) is 17.7 Å². The first-order chi connectivity index (χ1) is 9.61. The smallest absolute Gasteiger partial charge is 0.254 e. The molecule has 0 fully saturated rings. The average Bonchev–Trinajstić information content (AvgIpc) is 2.45. The molecule has 0 heterocycles. The number of aliphatic hydroxyl groups excluding tert-OH is 1. The van der Waals surface area contributed by atoms with E-state index < -0.39 is 23.6 Å². The number of benzene rings is 2. The monoisotopic (exact) mass is 277 g/mol. The zero-order chi connectivity index (χ0) is 14.5. The van der Waals surface area contributed by atoms with Gasteiger partial charge in [0.2, 0.25) is 0 Å². The molecule has 5 heteroatoms. The quantitative estimate of drug-likeness (QED) is 0.901. The number of hydrogen-bond acceptors (Lipinski definition) is 2. The van der Waals surface area contributed by atoms with Crippen LogP contribution in [-0.4, -0.2) is 17.6 Å². The lowest BCUT2D eigenvalue weighted by atomic mass is 10.1. The van der Waals surface area contributed by atoms with Gasteiger partial charge in [0.1, 0.15) is 11.6 Å². The van der Waals surface area contributed by atoms with Crippen molar-refractivity contribution in [3.8, 4) is 0 Å². The minimum Gasteiger partial charge on any atom is -0.394 e. The molecule has 0 saturated carbocycles. The number of carbonyl (C=O) groups is 1. The number of rotatable bonds is 4. The maximum absolute atomic E-state index is 13.5. The molecule has 0 bridgehead atoms. The van der Waals surface area contributed by atoms with Gasteiger partial charge in [0.15, 0.2) is 0 Å². The summed E-state index contributed by atoms with van der Waals surface area (Å²) in [5, 5.41) is 11.8. The number of aliphatic hydroxyl groups is 1. The summed E-state index contributed by atoms with van der Waals surface area (Å²) in [6.45, 7) is -0.321. The fourth-order valence-corrected chi connectivity index (χ4v) is 1.83. The van der Waals surface area contributed by atoms with E-state index >= 15 is 0 Å². The van der Waals surface area contributed by atoms with Crippen LogP contribution in [0.25, 0.3) is 0 Å². The van der Waals surface area contributed by atoms with E-state index in [2.05, 4.69) is 5.32 Å². The summed E-state index contributed by atoms with van der Waals surface area (Å²) in [6, 6.07) is 10.9. The van der Waals surface area contributed by atoms with Crippen molar-refractivity contribution in [3.05, 3.63) is 71.3 Å². The Morgan fingerprint density at radius 2 is 1.85 bits per heavy atom. The minimum atomic E-state index is -0.938. The molecular weight excluding hydrogens is 264 g/mol. The summed E-state index contributed by atoms with van der Waals surface area (Å²) >= 11 is 0. The Labute approximate surface area is 114 Å². The Bertz CT molecular complexity index is 602. The third kappa shape index (κ3) is 3.19. The summed E-state index contributed by atoms with van der Waals surface area (Å²) in [5.41, 5.74) is 0.437. The lowest BCUT2D eigenvalue weighted by Crippen LogP contribution is -2.31. The molecule has 0 unspecified atom stereocenters. The van der Waals surface area contributed by atoms with Crippen LogP contribution in [0, 0.1) is 11.6 Å². The number of hydrogen-bond donors (Lipinski definition) is 2. The third-order valence-electron chi connectivity index (χ3n) is 2.87. The van der Waals surface area contributed by atoms with E-state index in [1.54, 1.807) is 30.3 Å². The molecule has 2 aromatic carbocycles. The molecule has 0 radical (unpaired) electrons. The van der Waals surface area contributed by atoms with Gasteiger partial charge in [0.05, 0.1) is 18.2 Å². The molecule has 0 spiro atoms. The van der Waals surface area contributed by atoms with E-state index in [1.807, 2.05) is 0 Å². The number of halogens is 2. The van der Waals surface area contributed by atoms with Gasteiger partial charge in [0.25, 0.3) is 5.91 Å². The van der Waals surface area contributed by atoms with Gasteiger partial charge in [-0.3, -0.25) is 4.79 Å². The van der Waals surface area contributed by atoms with Gasteiger partial charge in [-0.25, -0.2) is 8.78 Å². The first kappa shape index (κ1) is 14.1. The van der Waals surface area contributed by atoms with Gasteiger partial charge in [0, 0.05) is 6.07 Å². The largest absolute Gasteiger partial charge is 0.394 e. The Hall–Kier alpha value is -2.27. The van der Waals surface area contributed by atoms with Crippen LogP contribution < -0.4 is 5.32 Å². The molecule has 104 valence electrons. The highest BCUT2D eigenvalue weighted by atomic mass is 19.1. The molecule has 3 nitrogen and oxygen atoms in total. The fraction of sp³-hybridized carbons (Fsp3) is 0.133. The summed E-state index contributed by atoms with van der Waals surface area (Å²) in [4.78, 5) is 11.9. The molecule has 0 aliphatic heterocycles. The first-order valence-corrected chi connectivity index (χ1v) is 6.03. The Morgan fingerprint density at radius 3 is 2.45 bits per heavy atom. The maximum Gasteiger partial charge on any atom is 0.254 e. The van der Waals surface area contributed by atoms with Crippen LogP contribution in [0.4, 0.5) is 8.78 Å². The van der Waals surface area contributed by atoms with Crippen LogP contribution in [0.2, 0.25) is 0 Å². The normalized spacial score (nSPS) is 11.9. The van der Waals surface area contributed by atoms with Crippen molar-refractivity contribution < 1.29 is 18.7 Å². The zero-order valence-corrected chi connectivity index (χ0v) is 10.5. The lowest BCUT2D eigenvalue weighted by molar-refractivity contribution is 0.0912. The Morgan fingerprint density at radius 1 is 1.15 bits per heavy atom. The predicted octanol–water partition coefficient (Wildman–Crippen LogP) is 2.43. The van der Waals surface area contributed by atoms with Crippen LogP contribution in [0.15, 0.2) is 48.5 Å². The van der Waals surface area contributed by atoms with Crippen molar-refractivity contribution in [2.45, 2.75) is 6.04 Å². The average molecular weight is 277 g/mol. The summed E-state index contributed by atoms with van der Waals surface area (Å²) in [7, 11) is 0. The van der Waals surface area contributed by atoms with Crippen LogP contribution >= 0.6 is 0 Å². The molecule has 2 aromatic rings. The molecule has 1 atom stereocenters. The van der Waals surface area contributed by atoms with Crippen LogP contribution in [-0.2, 0) is 0 Å². The molecule has 0 aromatic heterocycles. The van der Waals surface area contributed by atoms with Crippen LogP contribution in [0.3, 0.4) is 0 Å². The molecule has 20 heavy (non-hydrogen) atoms. The zero-order valence-electron chi connectivity index (χ0n) is 10.5. The molecule has 0 aliphatic carbocycles. The molecule has 0 saturated heterocycles. The molecule has 1 amide bonds. The number of amides is 1. The Kier molecular flexibility index (Phi) is 4.42. The van der Waals surface area contributed by atoms with E-state index in [0.29, 0.717) is 11.6 Å². The summed E-state index contributed by atoms with van der Waals surface area (Å²) in [6.07, 6.45) is 0. The minimum absolute atomic E-state index is 0.263. The van der Waals surface area contributed by atoms with E-state index in [1.165, 1.54) is 0 Å². The van der Waals surface area contributed by atoms with Crippen molar-refractivity contribution in [1.29, 1.82) is 0 Å². The molecule has 2 rings (SSSR count). The fourth-order valence-electron chi connectivity index (χ4n) is 1.83. The highest BCUT2D eigenvalue weighted by Gasteiger charge is 2.17. The molecule has 0 aliphatic rings. The lowest BCUT2D eigenvalue weighted by Gasteiger charge is -2.17. The van der Waals surface area contributed by atoms with Gasteiger partial charge < -0.3 is 10.4 Å². The van der Waals surface area contributed by atoms with Crippen molar-refractivity contribution in [2.24, 2.45) is 0 Å².